The van der Waals surface area contributed by atoms with Crippen LogP contribution in [0.2, 0.25) is 10.0 Å². The molecule has 1 amide bonds. The quantitative estimate of drug-likeness (QED) is 0.511. The van der Waals surface area contributed by atoms with Gasteiger partial charge in [-0.3, -0.25) is 14.8 Å². The number of rotatable bonds is 3. The summed E-state index contributed by atoms with van der Waals surface area (Å²) in [4.78, 5) is 22.8. The summed E-state index contributed by atoms with van der Waals surface area (Å²) in [5.74, 6) is 0.113. The number of hydrogen-bond donors (Lipinski definition) is 2. The summed E-state index contributed by atoms with van der Waals surface area (Å²) in [6.45, 7) is -0.0719. The van der Waals surface area contributed by atoms with Crippen LogP contribution in [0, 0.1) is 0 Å². The molecule has 0 unspecified atom stereocenters. The minimum atomic E-state index is -0.349. The molecule has 0 bridgehead atoms. The summed E-state index contributed by atoms with van der Waals surface area (Å²) in [5.41, 5.74) is 2.84. The van der Waals surface area contributed by atoms with Crippen molar-refractivity contribution in [2.24, 2.45) is 0 Å². The summed E-state index contributed by atoms with van der Waals surface area (Å²) in [5, 5.41) is 14.2. The van der Waals surface area contributed by atoms with Crippen molar-refractivity contribution in [2.45, 2.75) is 0 Å². The smallest absolute Gasteiger partial charge is 0.268 e. The van der Waals surface area contributed by atoms with Crippen LogP contribution in [0.25, 0.3) is 11.0 Å². The van der Waals surface area contributed by atoms with Crippen LogP contribution < -0.4 is 15.0 Å². The van der Waals surface area contributed by atoms with Crippen molar-refractivity contribution in [3.05, 3.63) is 58.2 Å². The van der Waals surface area contributed by atoms with Gasteiger partial charge in [0.2, 0.25) is 11.8 Å². The van der Waals surface area contributed by atoms with Gasteiger partial charge in [-0.25, -0.2) is 4.98 Å². The van der Waals surface area contributed by atoms with E-state index in [1.807, 2.05) is 18.2 Å². The Balaban J connectivity index is 1.43. The highest BCUT2D eigenvalue weighted by Crippen LogP contribution is 2.37. The zero-order valence-corrected chi connectivity index (χ0v) is 16.1. The monoisotopic (exact) mass is 427 g/mol. The van der Waals surface area contributed by atoms with Crippen LogP contribution in [0.3, 0.4) is 0 Å². The lowest BCUT2D eigenvalue weighted by Gasteiger charge is -2.29. The van der Waals surface area contributed by atoms with E-state index in [4.69, 9.17) is 27.9 Å². The second kappa shape index (κ2) is 6.87. The second-order valence-corrected chi connectivity index (χ2v) is 6.97. The summed E-state index contributed by atoms with van der Waals surface area (Å²) in [6.07, 6.45) is 1.40. The number of nitrogens with zero attached hydrogens (tertiary/aromatic N) is 5. The lowest BCUT2D eigenvalue weighted by molar-refractivity contribution is 0.0932. The fourth-order valence-electron chi connectivity index (χ4n) is 2.98. The Hall–Kier alpha value is -3.43. The van der Waals surface area contributed by atoms with Crippen LogP contribution in [0.1, 0.15) is 10.4 Å². The maximum Gasteiger partial charge on any atom is 0.268 e. The number of aromatic amines is 1. The maximum absolute atomic E-state index is 12.9. The standard InChI is InChI=1S/C18H11Cl2N7O2/c19-11-2-1-3-12(20)15(11)27-8-29-16-10(17(27)28)7-21-18(23-16)22-9-4-5-13-14(6-9)25-26-24-13/h1-7H,8H2,(H,21,22,23)(H,24,25,26). The van der Waals surface area contributed by atoms with Crippen LogP contribution in [-0.2, 0) is 0 Å². The van der Waals surface area contributed by atoms with E-state index >= 15 is 0 Å². The highest BCUT2D eigenvalue weighted by Gasteiger charge is 2.31. The zero-order valence-electron chi connectivity index (χ0n) is 14.6. The average molecular weight is 428 g/mol. The predicted molar refractivity (Wildman–Crippen MR) is 108 cm³/mol. The second-order valence-electron chi connectivity index (χ2n) is 6.16. The molecular weight excluding hydrogens is 417 g/mol. The Morgan fingerprint density at radius 3 is 2.83 bits per heavy atom. The minimum absolute atomic E-state index is 0.0719. The lowest BCUT2D eigenvalue weighted by Crippen LogP contribution is -2.39. The largest absolute Gasteiger partial charge is 0.455 e. The minimum Gasteiger partial charge on any atom is -0.455 e. The Kier molecular flexibility index (Phi) is 4.18. The summed E-state index contributed by atoms with van der Waals surface area (Å²) in [7, 11) is 0. The molecule has 1 aliphatic heterocycles. The molecule has 0 atom stereocenters. The van der Waals surface area contributed by atoms with Gasteiger partial charge in [0, 0.05) is 11.9 Å². The van der Waals surface area contributed by atoms with Gasteiger partial charge in [-0.1, -0.05) is 34.5 Å². The van der Waals surface area contributed by atoms with Crippen LogP contribution in [-0.4, -0.2) is 38.0 Å². The van der Waals surface area contributed by atoms with E-state index < -0.39 is 0 Å². The molecule has 2 N–H and O–H groups in total. The van der Waals surface area contributed by atoms with Crippen molar-refractivity contribution in [2.75, 3.05) is 16.9 Å². The molecule has 3 heterocycles. The van der Waals surface area contributed by atoms with E-state index in [1.54, 1.807) is 18.2 Å². The number of anilines is 3. The number of para-hydroxylation sites is 1. The molecule has 0 saturated heterocycles. The highest BCUT2D eigenvalue weighted by atomic mass is 35.5. The number of amides is 1. The van der Waals surface area contributed by atoms with Crippen LogP contribution >= 0.6 is 23.2 Å². The predicted octanol–water partition coefficient (Wildman–Crippen LogP) is 3.80. The van der Waals surface area contributed by atoms with E-state index in [2.05, 4.69) is 30.7 Å². The third kappa shape index (κ3) is 3.10. The third-order valence-electron chi connectivity index (χ3n) is 4.35. The van der Waals surface area contributed by atoms with E-state index in [9.17, 15) is 4.79 Å². The van der Waals surface area contributed by atoms with Crippen molar-refractivity contribution in [1.29, 1.82) is 0 Å². The maximum atomic E-state index is 12.9. The Bertz CT molecular complexity index is 1240. The fourth-order valence-corrected chi connectivity index (χ4v) is 3.58. The van der Waals surface area contributed by atoms with E-state index in [0.29, 0.717) is 15.7 Å². The molecule has 0 saturated carbocycles. The Labute approximate surface area is 173 Å². The SMILES string of the molecule is O=C1c2cnc(Nc3ccc4nn[nH]c4c3)nc2OCN1c1c(Cl)cccc1Cl. The average Bonchev–Trinajstić information content (AvgIpc) is 3.17. The van der Waals surface area contributed by atoms with Gasteiger partial charge < -0.3 is 10.1 Å². The molecule has 0 spiro atoms. The lowest BCUT2D eigenvalue weighted by atomic mass is 10.2. The molecule has 11 heteroatoms. The first-order valence-electron chi connectivity index (χ1n) is 8.44. The van der Waals surface area contributed by atoms with Gasteiger partial charge in [0.1, 0.15) is 11.1 Å². The summed E-state index contributed by atoms with van der Waals surface area (Å²) >= 11 is 12.4. The van der Waals surface area contributed by atoms with Gasteiger partial charge in [-0.15, -0.1) is 5.10 Å². The van der Waals surface area contributed by atoms with E-state index in [1.165, 1.54) is 11.1 Å². The topological polar surface area (TPSA) is 109 Å². The Morgan fingerprint density at radius 1 is 1.17 bits per heavy atom. The van der Waals surface area contributed by atoms with Gasteiger partial charge in [0.05, 0.1) is 21.2 Å². The molecule has 4 aromatic rings. The number of carbonyl (C=O) groups is 1. The van der Waals surface area contributed by atoms with Gasteiger partial charge in [0.15, 0.2) is 6.73 Å². The van der Waals surface area contributed by atoms with E-state index in [-0.39, 0.29) is 30.0 Å². The van der Waals surface area contributed by atoms with Crippen LogP contribution in [0.4, 0.5) is 17.3 Å². The van der Waals surface area contributed by atoms with Gasteiger partial charge >= 0.3 is 0 Å². The van der Waals surface area contributed by atoms with Gasteiger partial charge in [-0.05, 0) is 30.3 Å². The molecule has 144 valence electrons. The number of carbonyl (C=O) groups excluding carboxylic acids is 1. The number of hydrogen-bond acceptors (Lipinski definition) is 7. The molecule has 29 heavy (non-hydrogen) atoms. The molecule has 1 aliphatic rings. The van der Waals surface area contributed by atoms with Crippen molar-refractivity contribution < 1.29 is 9.53 Å². The third-order valence-corrected chi connectivity index (χ3v) is 4.96. The van der Waals surface area contributed by atoms with Crippen molar-refractivity contribution in [3.63, 3.8) is 0 Å². The fraction of sp³-hybridized carbons (Fsp3) is 0.0556. The first-order chi connectivity index (χ1) is 14.1. The number of aromatic nitrogens is 5. The number of fused-ring (bicyclic) bond motifs is 2. The molecule has 0 fully saturated rings. The van der Waals surface area contributed by atoms with Gasteiger partial charge in [0.25, 0.3) is 5.91 Å². The summed E-state index contributed by atoms with van der Waals surface area (Å²) < 4.78 is 5.68. The molecule has 2 aromatic heterocycles. The van der Waals surface area contributed by atoms with Crippen LogP contribution in [0.15, 0.2) is 42.6 Å². The normalized spacial score (nSPS) is 13.3. The first kappa shape index (κ1) is 17.7. The molecule has 0 aliphatic carbocycles. The molecule has 0 radical (unpaired) electrons. The molecule has 9 nitrogen and oxygen atoms in total. The number of H-pyrrole nitrogens is 1. The number of benzene rings is 2. The molecule has 2 aromatic carbocycles. The summed E-state index contributed by atoms with van der Waals surface area (Å²) in [6, 6.07) is 10.5. The molecule has 5 rings (SSSR count). The molecular formula is C18H11Cl2N7O2. The van der Waals surface area contributed by atoms with Gasteiger partial charge in [-0.2, -0.15) is 4.98 Å². The number of nitrogens with one attached hydrogen (secondary N) is 2. The Morgan fingerprint density at radius 2 is 2.00 bits per heavy atom. The number of ether oxygens (including phenoxy) is 1. The highest BCUT2D eigenvalue weighted by molar-refractivity contribution is 6.40. The first-order valence-corrected chi connectivity index (χ1v) is 9.19. The zero-order chi connectivity index (χ0) is 20.0. The van der Waals surface area contributed by atoms with E-state index in [0.717, 1.165) is 16.7 Å². The van der Waals surface area contributed by atoms with Crippen molar-refractivity contribution in [1.82, 2.24) is 25.4 Å². The van der Waals surface area contributed by atoms with Crippen molar-refractivity contribution in [3.8, 4) is 5.88 Å². The van der Waals surface area contributed by atoms with Crippen molar-refractivity contribution >= 4 is 57.5 Å². The van der Waals surface area contributed by atoms with Crippen LogP contribution in [0.5, 0.6) is 5.88 Å². The number of halogens is 2.